The predicted molar refractivity (Wildman–Crippen MR) is 102 cm³/mol. The van der Waals surface area contributed by atoms with E-state index in [1.165, 1.54) is 44.5 Å². The van der Waals surface area contributed by atoms with E-state index in [0.29, 0.717) is 12.0 Å². The number of benzene rings is 1. The first kappa shape index (κ1) is 19.7. The fourth-order valence-corrected chi connectivity index (χ4v) is 5.32. The van der Waals surface area contributed by atoms with Crippen LogP contribution in [0, 0.1) is 17.0 Å². The molecular formula is C16H17N3O6S2. The molecule has 1 fully saturated rings. The number of aliphatic hydroxyl groups is 1. The maximum absolute atomic E-state index is 12.0. The average Bonchev–Trinajstić information content (AvgIpc) is 3.06. The van der Waals surface area contributed by atoms with Gasteiger partial charge in [0.05, 0.1) is 17.6 Å². The van der Waals surface area contributed by atoms with E-state index in [2.05, 4.69) is 4.98 Å². The number of aryl methyl sites for hydroxylation is 1. The van der Waals surface area contributed by atoms with Gasteiger partial charge in [-0.15, -0.1) is 0 Å². The molecule has 0 aliphatic carbocycles. The lowest BCUT2D eigenvalue weighted by atomic mass is 10.2. The highest BCUT2D eigenvalue weighted by atomic mass is 33.1. The third-order valence-electron chi connectivity index (χ3n) is 4.13. The van der Waals surface area contributed by atoms with Crippen LogP contribution in [0.5, 0.6) is 0 Å². The Kier molecular flexibility index (Phi) is 6.05. The van der Waals surface area contributed by atoms with Crippen LogP contribution in [0.4, 0.5) is 5.69 Å². The quantitative estimate of drug-likeness (QED) is 0.419. The van der Waals surface area contributed by atoms with Crippen molar-refractivity contribution in [1.29, 1.82) is 0 Å². The van der Waals surface area contributed by atoms with Crippen LogP contribution in [0.2, 0.25) is 0 Å². The maximum Gasteiger partial charge on any atom is 0.330 e. The molecule has 144 valence electrons. The average molecular weight is 411 g/mol. The number of rotatable bonds is 6. The Bertz CT molecular complexity index is 942. The van der Waals surface area contributed by atoms with Gasteiger partial charge in [-0.25, -0.2) is 4.79 Å². The molecule has 0 amide bonds. The van der Waals surface area contributed by atoms with Crippen molar-refractivity contribution in [3.63, 3.8) is 0 Å². The molecule has 9 nitrogen and oxygen atoms in total. The van der Waals surface area contributed by atoms with E-state index >= 15 is 0 Å². The molecule has 11 heteroatoms. The van der Waals surface area contributed by atoms with E-state index in [9.17, 15) is 24.8 Å². The molecule has 1 aromatic carbocycles. The molecule has 1 aliphatic rings. The SMILES string of the molecule is Cc1cn([C@H]2CC(SSc3ccc([N+](=O)[O-])cc3)[C@@H](CO)O2)c(=O)[nH]c1=O. The first-order valence-electron chi connectivity index (χ1n) is 8.05. The molecule has 0 saturated carbocycles. The Balaban J connectivity index is 1.69. The second kappa shape index (κ2) is 8.30. The fourth-order valence-electron chi connectivity index (χ4n) is 2.68. The molecule has 27 heavy (non-hydrogen) atoms. The minimum absolute atomic E-state index is 0.0228. The molecular weight excluding hydrogens is 394 g/mol. The van der Waals surface area contributed by atoms with Crippen LogP contribution in [0.15, 0.2) is 44.9 Å². The van der Waals surface area contributed by atoms with Gasteiger partial charge in [0.25, 0.3) is 11.2 Å². The lowest BCUT2D eigenvalue weighted by Gasteiger charge is -2.15. The first-order valence-corrected chi connectivity index (χ1v) is 10.3. The van der Waals surface area contributed by atoms with Crippen LogP contribution in [0.25, 0.3) is 0 Å². The number of hydrogen-bond donors (Lipinski definition) is 2. The zero-order valence-electron chi connectivity index (χ0n) is 14.2. The van der Waals surface area contributed by atoms with Gasteiger partial charge in [-0.1, -0.05) is 21.6 Å². The van der Waals surface area contributed by atoms with Gasteiger partial charge in [0, 0.05) is 40.5 Å². The molecule has 1 saturated heterocycles. The third-order valence-corrected chi connectivity index (χ3v) is 7.04. The topological polar surface area (TPSA) is 127 Å². The van der Waals surface area contributed by atoms with E-state index in [0.717, 1.165) is 4.90 Å². The summed E-state index contributed by atoms with van der Waals surface area (Å²) < 4.78 is 7.12. The zero-order chi connectivity index (χ0) is 19.6. The largest absolute Gasteiger partial charge is 0.394 e. The molecule has 1 aliphatic heterocycles. The number of H-pyrrole nitrogens is 1. The molecule has 3 rings (SSSR count). The lowest BCUT2D eigenvalue weighted by Crippen LogP contribution is -2.33. The normalized spacial score (nSPS) is 22.1. The van der Waals surface area contributed by atoms with Crippen molar-refractivity contribution < 1.29 is 14.8 Å². The highest BCUT2D eigenvalue weighted by Crippen LogP contribution is 2.44. The van der Waals surface area contributed by atoms with Gasteiger partial charge in [0.1, 0.15) is 6.23 Å². The van der Waals surface area contributed by atoms with Gasteiger partial charge in [-0.3, -0.25) is 24.5 Å². The Morgan fingerprint density at radius 1 is 1.37 bits per heavy atom. The molecule has 1 unspecified atom stereocenters. The predicted octanol–water partition coefficient (Wildman–Crippen LogP) is 1.84. The summed E-state index contributed by atoms with van der Waals surface area (Å²) in [5, 5.41) is 20.2. The van der Waals surface area contributed by atoms with E-state index < -0.39 is 28.5 Å². The number of aromatic amines is 1. The van der Waals surface area contributed by atoms with Crippen LogP contribution < -0.4 is 11.2 Å². The number of hydrogen-bond acceptors (Lipinski definition) is 8. The van der Waals surface area contributed by atoms with Crippen molar-refractivity contribution in [2.24, 2.45) is 0 Å². The van der Waals surface area contributed by atoms with Crippen molar-refractivity contribution >= 4 is 27.3 Å². The zero-order valence-corrected chi connectivity index (χ0v) is 15.9. The van der Waals surface area contributed by atoms with Crippen molar-refractivity contribution in [1.82, 2.24) is 9.55 Å². The summed E-state index contributed by atoms with van der Waals surface area (Å²) in [5.41, 5.74) is -0.571. The van der Waals surface area contributed by atoms with Gasteiger partial charge >= 0.3 is 5.69 Å². The number of nitrogens with zero attached hydrogens (tertiary/aromatic N) is 2. The van der Waals surface area contributed by atoms with Gasteiger partial charge in [-0.2, -0.15) is 0 Å². The molecule has 0 spiro atoms. The Morgan fingerprint density at radius 3 is 2.70 bits per heavy atom. The van der Waals surface area contributed by atoms with Crippen molar-refractivity contribution in [2.75, 3.05) is 6.61 Å². The summed E-state index contributed by atoms with van der Waals surface area (Å²) in [6.07, 6.45) is 0.878. The van der Waals surface area contributed by atoms with Crippen LogP contribution >= 0.6 is 21.6 Å². The minimum atomic E-state index is -0.583. The van der Waals surface area contributed by atoms with E-state index in [-0.39, 0.29) is 17.5 Å². The molecule has 2 heterocycles. The molecule has 0 radical (unpaired) electrons. The number of aliphatic hydroxyl groups excluding tert-OH is 1. The summed E-state index contributed by atoms with van der Waals surface area (Å²) in [5.74, 6) is 0. The third kappa shape index (κ3) is 4.43. The number of nitrogens with one attached hydrogen (secondary N) is 1. The van der Waals surface area contributed by atoms with Gasteiger partial charge < -0.3 is 9.84 Å². The van der Waals surface area contributed by atoms with Crippen LogP contribution in [-0.2, 0) is 4.74 Å². The van der Waals surface area contributed by atoms with Crippen LogP contribution in [0.1, 0.15) is 18.2 Å². The van der Waals surface area contributed by atoms with Crippen LogP contribution in [-0.4, -0.2) is 37.5 Å². The number of non-ortho nitro benzene ring substituents is 1. The first-order chi connectivity index (χ1) is 12.9. The number of aromatic nitrogens is 2. The van der Waals surface area contributed by atoms with Gasteiger partial charge in [-0.05, 0) is 19.1 Å². The number of nitro groups is 1. The molecule has 0 bridgehead atoms. The summed E-state index contributed by atoms with van der Waals surface area (Å²) in [6, 6.07) is 6.19. The molecule has 3 atom stereocenters. The summed E-state index contributed by atoms with van der Waals surface area (Å²) in [6.45, 7) is 1.40. The second-order valence-electron chi connectivity index (χ2n) is 6.00. The standard InChI is InChI=1S/C16H17N3O6S2/c1-9-7-18(16(22)17-15(9)21)14-6-13(12(8-20)25-14)27-26-11-4-2-10(3-5-11)19(23)24/h2-5,7,12-14,20H,6,8H2,1H3,(H,17,21,22)/t12-,13?,14-/m1/s1. The summed E-state index contributed by atoms with van der Waals surface area (Å²) >= 11 is 0. The highest BCUT2D eigenvalue weighted by molar-refractivity contribution is 8.77. The maximum atomic E-state index is 12.0. The Hall–Kier alpha value is -2.08. The second-order valence-corrected chi connectivity index (χ2v) is 8.51. The fraction of sp³-hybridized carbons (Fsp3) is 0.375. The molecule has 1 aromatic heterocycles. The molecule has 2 N–H and O–H groups in total. The van der Waals surface area contributed by atoms with Crippen LogP contribution in [0.3, 0.4) is 0 Å². The summed E-state index contributed by atoms with van der Waals surface area (Å²) in [7, 11) is 2.89. The van der Waals surface area contributed by atoms with E-state index in [4.69, 9.17) is 4.74 Å². The Labute approximate surface area is 161 Å². The number of ether oxygens (including phenoxy) is 1. The van der Waals surface area contributed by atoms with Crippen molar-refractivity contribution in [3.05, 3.63) is 67.0 Å². The monoisotopic (exact) mass is 411 g/mol. The van der Waals surface area contributed by atoms with Crippen molar-refractivity contribution in [3.8, 4) is 0 Å². The van der Waals surface area contributed by atoms with E-state index in [1.54, 1.807) is 19.1 Å². The molecule has 2 aromatic rings. The summed E-state index contributed by atoms with van der Waals surface area (Å²) in [4.78, 5) is 36.9. The number of nitro benzene ring substituents is 1. The van der Waals surface area contributed by atoms with Gasteiger partial charge in [0.2, 0.25) is 0 Å². The lowest BCUT2D eigenvalue weighted by molar-refractivity contribution is -0.384. The smallest absolute Gasteiger partial charge is 0.330 e. The highest BCUT2D eigenvalue weighted by Gasteiger charge is 2.37. The van der Waals surface area contributed by atoms with Gasteiger partial charge in [0.15, 0.2) is 0 Å². The minimum Gasteiger partial charge on any atom is -0.394 e. The van der Waals surface area contributed by atoms with Crippen molar-refractivity contribution in [2.45, 2.75) is 35.8 Å². The Morgan fingerprint density at radius 2 is 2.07 bits per heavy atom. The van der Waals surface area contributed by atoms with E-state index in [1.807, 2.05) is 0 Å².